The van der Waals surface area contributed by atoms with E-state index in [-0.39, 0.29) is 18.1 Å². The maximum absolute atomic E-state index is 12.4. The Hall–Kier alpha value is -2.66. The van der Waals surface area contributed by atoms with Gasteiger partial charge in [-0.1, -0.05) is 36.4 Å². The molecule has 24 heavy (non-hydrogen) atoms. The van der Waals surface area contributed by atoms with Crippen molar-refractivity contribution in [2.45, 2.75) is 20.5 Å². The SMILES string of the molecule is CC(C)(COCc1ccccc1)C(=O)Nc1cccc(C(=O)O)c1. The van der Waals surface area contributed by atoms with Crippen LogP contribution in [0.25, 0.3) is 0 Å². The highest BCUT2D eigenvalue weighted by atomic mass is 16.5. The Labute approximate surface area is 141 Å². The molecule has 126 valence electrons. The van der Waals surface area contributed by atoms with Crippen LogP contribution in [0.3, 0.4) is 0 Å². The lowest BCUT2D eigenvalue weighted by molar-refractivity contribution is -0.127. The number of carboxylic acid groups (broad SMARTS) is 1. The molecule has 0 heterocycles. The lowest BCUT2D eigenvalue weighted by Gasteiger charge is -2.23. The molecule has 2 rings (SSSR count). The van der Waals surface area contributed by atoms with Crippen molar-refractivity contribution in [3.05, 3.63) is 65.7 Å². The van der Waals surface area contributed by atoms with Gasteiger partial charge in [-0.05, 0) is 37.6 Å². The largest absolute Gasteiger partial charge is 0.478 e. The summed E-state index contributed by atoms with van der Waals surface area (Å²) in [6.07, 6.45) is 0. The van der Waals surface area contributed by atoms with E-state index in [0.29, 0.717) is 12.3 Å². The fraction of sp³-hybridized carbons (Fsp3) is 0.263. The fourth-order valence-electron chi connectivity index (χ4n) is 2.09. The van der Waals surface area contributed by atoms with E-state index in [9.17, 15) is 9.59 Å². The van der Waals surface area contributed by atoms with Crippen molar-refractivity contribution in [1.82, 2.24) is 0 Å². The predicted octanol–water partition coefficient (Wildman–Crippen LogP) is 3.57. The van der Waals surface area contributed by atoms with Gasteiger partial charge in [0.25, 0.3) is 0 Å². The van der Waals surface area contributed by atoms with Crippen molar-refractivity contribution in [3.63, 3.8) is 0 Å². The van der Waals surface area contributed by atoms with Gasteiger partial charge in [-0.2, -0.15) is 0 Å². The van der Waals surface area contributed by atoms with E-state index in [4.69, 9.17) is 9.84 Å². The number of benzene rings is 2. The molecule has 2 aromatic carbocycles. The van der Waals surface area contributed by atoms with Crippen LogP contribution in [0.1, 0.15) is 29.8 Å². The topological polar surface area (TPSA) is 75.6 Å². The molecule has 5 heteroatoms. The van der Waals surface area contributed by atoms with Crippen LogP contribution in [0.15, 0.2) is 54.6 Å². The molecule has 5 nitrogen and oxygen atoms in total. The third-order valence-corrected chi connectivity index (χ3v) is 3.56. The number of rotatable bonds is 7. The Morgan fingerprint density at radius 3 is 2.46 bits per heavy atom. The number of hydrogen-bond acceptors (Lipinski definition) is 3. The van der Waals surface area contributed by atoms with E-state index >= 15 is 0 Å². The molecule has 1 amide bonds. The maximum Gasteiger partial charge on any atom is 0.335 e. The summed E-state index contributed by atoms with van der Waals surface area (Å²) in [7, 11) is 0. The molecule has 0 bridgehead atoms. The van der Waals surface area contributed by atoms with Gasteiger partial charge in [0.05, 0.1) is 24.2 Å². The van der Waals surface area contributed by atoms with Gasteiger partial charge in [0.1, 0.15) is 0 Å². The number of aromatic carboxylic acids is 1. The van der Waals surface area contributed by atoms with Crippen LogP contribution >= 0.6 is 0 Å². The van der Waals surface area contributed by atoms with Crippen molar-refractivity contribution in [3.8, 4) is 0 Å². The minimum absolute atomic E-state index is 0.130. The number of carbonyl (C=O) groups is 2. The Morgan fingerprint density at radius 1 is 1.08 bits per heavy atom. The smallest absolute Gasteiger partial charge is 0.335 e. The molecular formula is C19H21NO4. The first-order chi connectivity index (χ1) is 11.4. The predicted molar refractivity (Wildman–Crippen MR) is 91.9 cm³/mol. The zero-order chi connectivity index (χ0) is 17.6. The highest BCUT2D eigenvalue weighted by Crippen LogP contribution is 2.20. The van der Waals surface area contributed by atoms with Crippen LogP contribution < -0.4 is 5.32 Å². The summed E-state index contributed by atoms with van der Waals surface area (Å²) < 4.78 is 5.65. The van der Waals surface area contributed by atoms with Gasteiger partial charge in [0.15, 0.2) is 0 Å². The minimum Gasteiger partial charge on any atom is -0.478 e. The Morgan fingerprint density at radius 2 is 1.79 bits per heavy atom. The van der Waals surface area contributed by atoms with Gasteiger partial charge in [-0.15, -0.1) is 0 Å². The van der Waals surface area contributed by atoms with Crippen molar-refractivity contribution in [2.75, 3.05) is 11.9 Å². The maximum atomic E-state index is 12.4. The van der Waals surface area contributed by atoms with Gasteiger partial charge in [-0.25, -0.2) is 4.79 Å². The standard InChI is InChI=1S/C19H21NO4/c1-19(2,13-24-12-14-7-4-3-5-8-14)18(23)20-16-10-6-9-15(11-16)17(21)22/h3-11H,12-13H2,1-2H3,(H,20,23)(H,21,22). The lowest BCUT2D eigenvalue weighted by atomic mass is 9.93. The van der Waals surface area contributed by atoms with E-state index < -0.39 is 11.4 Å². The fourth-order valence-corrected chi connectivity index (χ4v) is 2.09. The average molecular weight is 327 g/mol. The number of anilines is 1. The van der Waals surface area contributed by atoms with Crippen molar-refractivity contribution in [2.24, 2.45) is 5.41 Å². The molecule has 0 aliphatic carbocycles. The molecule has 0 aromatic heterocycles. The van der Waals surface area contributed by atoms with Crippen molar-refractivity contribution in [1.29, 1.82) is 0 Å². The van der Waals surface area contributed by atoms with E-state index in [1.165, 1.54) is 12.1 Å². The number of nitrogens with one attached hydrogen (secondary N) is 1. The molecule has 0 spiro atoms. The highest BCUT2D eigenvalue weighted by Gasteiger charge is 2.28. The second-order valence-electron chi connectivity index (χ2n) is 6.20. The number of ether oxygens (including phenoxy) is 1. The number of amides is 1. The number of carboxylic acids is 1. The summed E-state index contributed by atoms with van der Waals surface area (Å²) in [4.78, 5) is 23.4. The zero-order valence-electron chi connectivity index (χ0n) is 13.8. The minimum atomic E-state index is -1.03. The Bertz CT molecular complexity index is 710. The Balaban J connectivity index is 1.92. The molecule has 0 fully saturated rings. The van der Waals surface area contributed by atoms with Crippen LogP contribution in [0.4, 0.5) is 5.69 Å². The highest BCUT2D eigenvalue weighted by molar-refractivity contribution is 5.96. The van der Waals surface area contributed by atoms with Gasteiger partial charge >= 0.3 is 5.97 Å². The molecule has 0 aliphatic rings. The summed E-state index contributed by atoms with van der Waals surface area (Å²) in [5.41, 5.74) is 0.887. The molecule has 0 saturated carbocycles. The first-order valence-electron chi connectivity index (χ1n) is 7.65. The first kappa shape index (κ1) is 17.7. The molecule has 2 N–H and O–H groups in total. The van der Waals surface area contributed by atoms with Gasteiger partial charge in [0.2, 0.25) is 5.91 Å². The second kappa shape index (κ2) is 7.75. The van der Waals surface area contributed by atoms with Gasteiger partial charge in [-0.3, -0.25) is 4.79 Å². The zero-order valence-corrected chi connectivity index (χ0v) is 13.8. The normalized spacial score (nSPS) is 11.1. The molecular weight excluding hydrogens is 306 g/mol. The van der Waals surface area contributed by atoms with Crippen molar-refractivity contribution < 1.29 is 19.4 Å². The molecule has 0 unspecified atom stereocenters. The lowest BCUT2D eigenvalue weighted by Crippen LogP contribution is -2.35. The van der Waals surface area contributed by atoms with Crippen LogP contribution in [0.2, 0.25) is 0 Å². The number of carbonyl (C=O) groups excluding carboxylic acids is 1. The first-order valence-corrected chi connectivity index (χ1v) is 7.65. The van der Waals surface area contributed by atoms with Crippen LogP contribution in [-0.2, 0) is 16.1 Å². The molecule has 0 radical (unpaired) electrons. The van der Waals surface area contributed by atoms with Gasteiger partial charge in [0, 0.05) is 5.69 Å². The van der Waals surface area contributed by atoms with Crippen LogP contribution in [0, 0.1) is 5.41 Å². The monoisotopic (exact) mass is 327 g/mol. The van der Waals surface area contributed by atoms with E-state index in [2.05, 4.69) is 5.32 Å². The molecule has 0 aliphatic heterocycles. The average Bonchev–Trinajstić information content (AvgIpc) is 2.56. The van der Waals surface area contributed by atoms with E-state index in [1.807, 2.05) is 30.3 Å². The van der Waals surface area contributed by atoms with Crippen LogP contribution in [0.5, 0.6) is 0 Å². The summed E-state index contributed by atoms with van der Waals surface area (Å²) in [5.74, 6) is -1.25. The third kappa shape index (κ3) is 4.93. The molecule has 0 saturated heterocycles. The third-order valence-electron chi connectivity index (χ3n) is 3.56. The van der Waals surface area contributed by atoms with E-state index in [1.54, 1.807) is 26.0 Å². The quantitative estimate of drug-likeness (QED) is 0.815. The van der Waals surface area contributed by atoms with Gasteiger partial charge < -0.3 is 15.2 Å². The van der Waals surface area contributed by atoms with Crippen molar-refractivity contribution >= 4 is 17.6 Å². The summed E-state index contributed by atoms with van der Waals surface area (Å²) in [6, 6.07) is 15.9. The molecule has 2 aromatic rings. The Kier molecular flexibility index (Phi) is 5.71. The van der Waals surface area contributed by atoms with Crippen LogP contribution in [-0.4, -0.2) is 23.6 Å². The van der Waals surface area contributed by atoms with E-state index in [0.717, 1.165) is 5.56 Å². The summed E-state index contributed by atoms with van der Waals surface area (Å²) >= 11 is 0. The molecule has 0 atom stereocenters. The summed E-state index contributed by atoms with van der Waals surface area (Å²) in [6.45, 7) is 4.27. The number of hydrogen-bond donors (Lipinski definition) is 2. The second-order valence-corrected chi connectivity index (χ2v) is 6.20. The summed E-state index contributed by atoms with van der Waals surface area (Å²) in [5, 5.41) is 11.7.